The first-order chi connectivity index (χ1) is 21.1. The van der Waals surface area contributed by atoms with Crippen LogP contribution in [0.2, 0.25) is 0 Å². The Morgan fingerprint density at radius 2 is 1.82 bits per heavy atom. The van der Waals surface area contributed by atoms with Gasteiger partial charge in [0.05, 0.1) is 17.3 Å². The van der Waals surface area contributed by atoms with E-state index in [0.717, 1.165) is 25.7 Å². The molecule has 0 spiro atoms. The van der Waals surface area contributed by atoms with E-state index in [1.165, 1.54) is 35.6 Å². The molecule has 2 aliphatic rings. The van der Waals surface area contributed by atoms with Gasteiger partial charge in [0.1, 0.15) is 22.7 Å². The van der Waals surface area contributed by atoms with Crippen LogP contribution in [0.15, 0.2) is 65.1 Å². The number of nitriles is 1. The lowest BCUT2D eigenvalue weighted by molar-refractivity contribution is 0.0915. The highest BCUT2D eigenvalue weighted by Gasteiger charge is 2.43. The maximum absolute atomic E-state index is 13.7. The summed E-state index contributed by atoms with van der Waals surface area (Å²) in [6.45, 7) is 2.06. The van der Waals surface area contributed by atoms with Crippen LogP contribution in [0.4, 0.5) is 10.1 Å². The van der Waals surface area contributed by atoms with Gasteiger partial charge in [-0.15, -0.1) is 0 Å². The van der Waals surface area contributed by atoms with Crippen molar-refractivity contribution in [1.82, 2.24) is 10.6 Å². The molecular formula is C33H31FN4O5S. The highest BCUT2D eigenvalue weighted by Crippen LogP contribution is 2.43. The van der Waals surface area contributed by atoms with Crippen molar-refractivity contribution in [2.45, 2.75) is 38.1 Å². The maximum Gasteiger partial charge on any atom is 0.261 e. The minimum Gasteiger partial charge on any atom is -0.455 e. The van der Waals surface area contributed by atoms with Crippen LogP contribution in [0.1, 0.15) is 53.3 Å². The van der Waals surface area contributed by atoms with E-state index in [9.17, 15) is 28.0 Å². The minimum atomic E-state index is -2.38. The molecule has 2 fully saturated rings. The fraction of sp³-hybridized carbons (Fsp3) is 0.303. The maximum atomic E-state index is 13.7. The fourth-order valence-corrected chi connectivity index (χ4v) is 6.18. The molecule has 3 N–H and O–H groups in total. The molecule has 1 heterocycles. The first-order valence-electron chi connectivity index (χ1n) is 14.4. The molecule has 0 aliphatic heterocycles. The van der Waals surface area contributed by atoms with Crippen LogP contribution in [0.3, 0.4) is 0 Å². The zero-order valence-corrected chi connectivity index (χ0v) is 25.0. The second kappa shape index (κ2) is 11.5. The largest absolute Gasteiger partial charge is 0.455 e. The normalized spacial score (nSPS) is 16.5. The summed E-state index contributed by atoms with van der Waals surface area (Å²) in [5, 5.41) is 15.7. The van der Waals surface area contributed by atoms with E-state index in [4.69, 9.17) is 4.42 Å². The van der Waals surface area contributed by atoms with Crippen molar-refractivity contribution < 1.29 is 27.2 Å². The van der Waals surface area contributed by atoms with E-state index in [-0.39, 0.29) is 23.2 Å². The zero-order chi connectivity index (χ0) is 31.2. The van der Waals surface area contributed by atoms with Crippen molar-refractivity contribution >= 4 is 39.7 Å². The summed E-state index contributed by atoms with van der Waals surface area (Å²) >= 11 is -2.38. The number of anilines is 1. The summed E-state index contributed by atoms with van der Waals surface area (Å²) in [4.78, 5) is 26.6. The zero-order valence-electron chi connectivity index (χ0n) is 24.2. The van der Waals surface area contributed by atoms with Gasteiger partial charge in [-0.25, -0.2) is 8.60 Å². The number of hydrogen-bond donors (Lipinski definition) is 3. The molecule has 226 valence electrons. The summed E-state index contributed by atoms with van der Waals surface area (Å²) in [7, 11) is 1.50. The molecule has 9 nitrogen and oxygen atoms in total. The van der Waals surface area contributed by atoms with Gasteiger partial charge in [0.25, 0.3) is 23.1 Å². The van der Waals surface area contributed by atoms with Crippen molar-refractivity contribution in [2.24, 2.45) is 11.8 Å². The molecule has 0 bridgehead atoms. The lowest BCUT2D eigenvalue weighted by atomic mass is 9.95. The van der Waals surface area contributed by atoms with Crippen LogP contribution in [-0.4, -0.2) is 39.7 Å². The van der Waals surface area contributed by atoms with Gasteiger partial charge >= 0.3 is 0 Å². The highest BCUT2D eigenvalue weighted by atomic mass is 32.2. The van der Waals surface area contributed by atoms with Crippen LogP contribution in [-0.2, 0) is 11.3 Å². The van der Waals surface area contributed by atoms with E-state index in [2.05, 4.69) is 16.7 Å². The molecule has 4 aromatic rings. The number of rotatable bonds is 10. The van der Waals surface area contributed by atoms with Gasteiger partial charge < -0.3 is 15.1 Å². The van der Waals surface area contributed by atoms with Crippen LogP contribution in [0, 0.1) is 29.0 Å². The Bertz CT molecular complexity index is 1840. The monoisotopic (exact) mass is 614 g/mol. The number of halogens is 1. The molecule has 2 aliphatic carbocycles. The molecule has 2 saturated carbocycles. The smallest absolute Gasteiger partial charge is 0.261 e. The quantitative estimate of drug-likeness (QED) is 0.186. The van der Waals surface area contributed by atoms with Gasteiger partial charge in [-0.2, -0.15) is 5.26 Å². The van der Waals surface area contributed by atoms with E-state index < -0.39 is 34.4 Å². The molecule has 2 unspecified atom stereocenters. The van der Waals surface area contributed by atoms with Crippen molar-refractivity contribution in [1.29, 1.82) is 5.26 Å². The van der Waals surface area contributed by atoms with Crippen LogP contribution < -0.4 is 14.9 Å². The number of fused-ring (bicyclic) bond motifs is 1. The van der Waals surface area contributed by atoms with Crippen molar-refractivity contribution in [3.63, 3.8) is 0 Å². The lowest BCUT2D eigenvalue weighted by Crippen LogP contribution is -2.46. The van der Waals surface area contributed by atoms with Gasteiger partial charge in [0.2, 0.25) is 0 Å². The third-order valence-electron chi connectivity index (χ3n) is 8.38. The summed E-state index contributed by atoms with van der Waals surface area (Å²) in [5.41, 5.74) is 1.82. The molecule has 2 atom stereocenters. The summed E-state index contributed by atoms with van der Waals surface area (Å²) in [5.74, 6) is -0.682. The molecule has 6 rings (SSSR count). The Balaban J connectivity index is 1.53. The van der Waals surface area contributed by atoms with E-state index >= 15 is 0 Å². The number of amides is 2. The van der Waals surface area contributed by atoms with Crippen LogP contribution in [0.5, 0.6) is 0 Å². The molecule has 44 heavy (non-hydrogen) atoms. The second-order valence-corrected chi connectivity index (χ2v) is 12.5. The number of carbonyl (C=O) groups is 2. The molecule has 0 radical (unpaired) electrons. The number of benzene rings is 3. The second-order valence-electron chi connectivity index (χ2n) is 11.6. The molecule has 3 aromatic carbocycles. The Kier molecular flexibility index (Phi) is 7.73. The fourth-order valence-electron chi connectivity index (χ4n) is 5.52. The van der Waals surface area contributed by atoms with Gasteiger partial charge in [0.15, 0.2) is 0 Å². The summed E-state index contributed by atoms with van der Waals surface area (Å²) in [6.07, 6.45) is 3.63. The first-order valence-corrected chi connectivity index (χ1v) is 15.5. The molecule has 2 amide bonds. The molecular weight excluding hydrogens is 583 g/mol. The summed E-state index contributed by atoms with van der Waals surface area (Å²) < 4.78 is 44.4. The topological polar surface area (TPSA) is 136 Å². The predicted octanol–water partition coefficient (Wildman–Crippen LogP) is 6.04. The number of nitrogens with zero attached hydrogens (tertiary/aromatic N) is 2. The Labute approximate surface area is 256 Å². The third-order valence-corrected chi connectivity index (χ3v) is 9.10. The Morgan fingerprint density at radius 3 is 2.43 bits per heavy atom. The third kappa shape index (κ3) is 5.70. The van der Waals surface area contributed by atoms with Crippen LogP contribution >= 0.6 is 0 Å². The number of furan rings is 1. The molecule has 11 heteroatoms. The highest BCUT2D eigenvalue weighted by molar-refractivity contribution is 7.80. The predicted molar refractivity (Wildman–Crippen MR) is 165 cm³/mol. The van der Waals surface area contributed by atoms with Gasteiger partial charge in [0, 0.05) is 41.7 Å². The van der Waals surface area contributed by atoms with E-state index in [1.54, 1.807) is 43.3 Å². The SMILES string of the molecule is CNC(=O)c1c(-c2ccc(F)cc2)oc2cc(N(CC3CC3)S(=O)O)c(-c3cccc(C(=O)NC(C)(C#N)C4CC4)c3)cc12. The van der Waals surface area contributed by atoms with Gasteiger partial charge in [-0.05, 0) is 92.5 Å². The molecule has 0 saturated heterocycles. The minimum absolute atomic E-state index is 0.101. The number of hydrogen-bond acceptors (Lipinski definition) is 5. The standard InChI is InChI=1S/C33H31FN4O5S/c1-33(18-35,23-10-11-23)37-31(39)22-5-3-4-21(14-22)25-15-26-28(16-27(25)38(44(41)42)17-19-6-7-19)43-30(29(26)32(40)36-2)20-8-12-24(34)13-9-20/h3-5,8-9,12-16,19,23H,6-7,10-11,17H2,1-2H3,(H,36,40)(H,37,39)(H,41,42). The van der Waals surface area contributed by atoms with Gasteiger partial charge in [-0.1, -0.05) is 12.1 Å². The first kappa shape index (κ1) is 29.5. The number of nitrogens with one attached hydrogen (secondary N) is 2. The average Bonchev–Trinajstić information content (AvgIpc) is 3.96. The van der Waals surface area contributed by atoms with Crippen molar-refractivity contribution in [2.75, 3.05) is 17.9 Å². The van der Waals surface area contributed by atoms with Gasteiger partial charge in [-0.3, -0.25) is 18.4 Å². The summed E-state index contributed by atoms with van der Waals surface area (Å²) in [6, 6.07) is 18.0. The average molecular weight is 615 g/mol. The lowest BCUT2D eigenvalue weighted by Gasteiger charge is -2.24. The number of carbonyl (C=O) groups excluding carboxylic acids is 2. The Morgan fingerprint density at radius 1 is 1.09 bits per heavy atom. The van der Waals surface area contributed by atoms with Crippen LogP contribution in [0.25, 0.3) is 33.4 Å². The van der Waals surface area contributed by atoms with E-state index in [0.29, 0.717) is 45.5 Å². The van der Waals surface area contributed by atoms with E-state index in [1.807, 2.05) is 0 Å². The van der Waals surface area contributed by atoms with Crippen molar-refractivity contribution in [3.8, 4) is 28.5 Å². The molecule has 1 aromatic heterocycles. The van der Waals surface area contributed by atoms with Crippen molar-refractivity contribution in [3.05, 3.63) is 77.6 Å². The Hall–Kier alpha value is -4.53.